The molecular weight excluding hydrogens is 296 g/mol. The molecular formula is C14H11ClN2O2S. The van der Waals surface area contributed by atoms with Gasteiger partial charge in [0.1, 0.15) is 5.57 Å². The summed E-state index contributed by atoms with van der Waals surface area (Å²) in [6, 6.07) is 6.82. The Balaban J connectivity index is 2.36. The SMILES string of the molecule is C=CCN1C(=O)C(=Cc2ccc(Cl)cc2)C(=O)NC1=S. The average molecular weight is 307 g/mol. The summed E-state index contributed by atoms with van der Waals surface area (Å²) in [7, 11) is 0. The Morgan fingerprint density at radius 2 is 1.95 bits per heavy atom. The molecule has 1 aromatic carbocycles. The van der Waals surface area contributed by atoms with E-state index in [1.54, 1.807) is 30.3 Å². The highest BCUT2D eigenvalue weighted by Crippen LogP contribution is 2.16. The Labute approximate surface area is 126 Å². The van der Waals surface area contributed by atoms with Crippen molar-refractivity contribution in [2.24, 2.45) is 0 Å². The maximum absolute atomic E-state index is 12.2. The van der Waals surface area contributed by atoms with E-state index in [1.165, 1.54) is 11.0 Å². The van der Waals surface area contributed by atoms with Crippen LogP contribution < -0.4 is 5.32 Å². The number of amides is 2. The number of nitrogens with one attached hydrogen (secondary N) is 1. The van der Waals surface area contributed by atoms with Crippen molar-refractivity contribution >= 4 is 46.8 Å². The number of carbonyl (C=O) groups is 2. The van der Waals surface area contributed by atoms with Gasteiger partial charge in [-0.25, -0.2) is 0 Å². The molecule has 0 aliphatic carbocycles. The number of nitrogens with zero attached hydrogens (tertiary/aromatic N) is 1. The zero-order chi connectivity index (χ0) is 14.7. The summed E-state index contributed by atoms with van der Waals surface area (Å²) in [5.74, 6) is -0.941. The van der Waals surface area contributed by atoms with Gasteiger partial charge in [0, 0.05) is 11.6 Å². The highest BCUT2D eigenvalue weighted by Gasteiger charge is 2.32. The van der Waals surface area contributed by atoms with Crippen LogP contribution in [0.1, 0.15) is 5.56 Å². The molecule has 0 bridgehead atoms. The van der Waals surface area contributed by atoms with Crippen LogP contribution in [0.3, 0.4) is 0 Å². The second-order valence-electron chi connectivity index (χ2n) is 4.07. The van der Waals surface area contributed by atoms with Crippen molar-refractivity contribution < 1.29 is 9.59 Å². The highest BCUT2D eigenvalue weighted by molar-refractivity contribution is 7.80. The van der Waals surface area contributed by atoms with E-state index in [-0.39, 0.29) is 17.2 Å². The number of hydrogen-bond donors (Lipinski definition) is 1. The zero-order valence-corrected chi connectivity index (χ0v) is 12.0. The van der Waals surface area contributed by atoms with Crippen molar-refractivity contribution in [1.29, 1.82) is 0 Å². The fourth-order valence-corrected chi connectivity index (χ4v) is 2.09. The molecule has 1 fully saturated rings. The van der Waals surface area contributed by atoms with Crippen LogP contribution in [0.5, 0.6) is 0 Å². The minimum absolute atomic E-state index is 0.0303. The summed E-state index contributed by atoms with van der Waals surface area (Å²) >= 11 is 10.8. The van der Waals surface area contributed by atoms with Gasteiger partial charge >= 0.3 is 0 Å². The molecule has 20 heavy (non-hydrogen) atoms. The second-order valence-corrected chi connectivity index (χ2v) is 4.90. The minimum Gasteiger partial charge on any atom is -0.298 e. The lowest BCUT2D eigenvalue weighted by Crippen LogP contribution is -2.53. The van der Waals surface area contributed by atoms with Gasteiger partial charge in [0.25, 0.3) is 11.8 Å². The molecule has 2 rings (SSSR count). The fourth-order valence-electron chi connectivity index (χ4n) is 1.71. The predicted octanol–water partition coefficient (Wildman–Crippen LogP) is 2.15. The number of rotatable bonds is 3. The molecule has 2 amide bonds. The van der Waals surface area contributed by atoms with Gasteiger partial charge in [-0.15, -0.1) is 6.58 Å². The summed E-state index contributed by atoms with van der Waals surface area (Å²) in [5, 5.41) is 3.16. The first-order valence-electron chi connectivity index (χ1n) is 5.78. The predicted molar refractivity (Wildman–Crippen MR) is 82.1 cm³/mol. The van der Waals surface area contributed by atoms with E-state index in [4.69, 9.17) is 23.8 Å². The Bertz CT molecular complexity index is 623. The van der Waals surface area contributed by atoms with Gasteiger partial charge in [-0.3, -0.25) is 19.8 Å². The lowest BCUT2D eigenvalue weighted by Gasteiger charge is -2.27. The van der Waals surface area contributed by atoms with E-state index < -0.39 is 11.8 Å². The number of thiocarbonyl (C=S) groups is 1. The zero-order valence-electron chi connectivity index (χ0n) is 10.4. The molecule has 1 heterocycles. The standard InChI is InChI=1S/C14H11ClN2O2S/c1-2-7-17-13(19)11(12(18)16-14(17)20)8-9-3-5-10(15)6-4-9/h2-6,8H,1,7H2,(H,16,18,20). The average Bonchev–Trinajstić information content (AvgIpc) is 2.41. The summed E-state index contributed by atoms with van der Waals surface area (Å²) < 4.78 is 0. The lowest BCUT2D eigenvalue weighted by atomic mass is 10.1. The summed E-state index contributed by atoms with van der Waals surface area (Å²) in [5.41, 5.74) is 0.738. The summed E-state index contributed by atoms with van der Waals surface area (Å²) in [6.07, 6.45) is 3.05. The van der Waals surface area contributed by atoms with Crippen LogP contribution in [0.2, 0.25) is 5.02 Å². The fraction of sp³-hybridized carbons (Fsp3) is 0.0714. The van der Waals surface area contributed by atoms with E-state index in [1.807, 2.05) is 0 Å². The molecule has 4 nitrogen and oxygen atoms in total. The molecule has 1 N–H and O–H groups in total. The van der Waals surface area contributed by atoms with Gasteiger partial charge in [0.15, 0.2) is 5.11 Å². The van der Waals surface area contributed by atoms with Crippen molar-refractivity contribution in [2.75, 3.05) is 6.54 Å². The second kappa shape index (κ2) is 5.98. The van der Waals surface area contributed by atoms with Crippen molar-refractivity contribution in [3.8, 4) is 0 Å². The van der Waals surface area contributed by atoms with E-state index in [9.17, 15) is 9.59 Å². The summed E-state index contributed by atoms with van der Waals surface area (Å²) in [6.45, 7) is 3.81. The number of hydrogen-bond acceptors (Lipinski definition) is 3. The largest absolute Gasteiger partial charge is 0.298 e. The minimum atomic E-state index is -0.504. The molecule has 0 spiro atoms. The topological polar surface area (TPSA) is 49.4 Å². The van der Waals surface area contributed by atoms with Gasteiger partial charge in [0.2, 0.25) is 0 Å². The first-order chi connectivity index (χ1) is 9.52. The molecule has 1 aromatic rings. The van der Waals surface area contributed by atoms with Gasteiger partial charge in [-0.2, -0.15) is 0 Å². The maximum atomic E-state index is 12.2. The van der Waals surface area contributed by atoms with Crippen LogP contribution >= 0.6 is 23.8 Å². The molecule has 0 atom stereocenters. The lowest BCUT2D eigenvalue weighted by molar-refractivity contribution is -0.128. The maximum Gasteiger partial charge on any atom is 0.265 e. The Kier molecular flexibility index (Phi) is 4.32. The quantitative estimate of drug-likeness (QED) is 0.403. The first kappa shape index (κ1) is 14.4. The van der Waals surface area contributed by atoms with E-state index >= 15 is 0 Å². The van der Waals surface area contributed by atoms with Gasteiger partial charge in [-0.05, 0) is 36.0 Å². The van der Waals surface area contributed by atoms with Crippen molar-refractivity contribution in [3.63, 3.8) is 0 Å². The van der Waals surface area contributed by atoms with Crippen LogP contribution in [0.15, 0.2) is 42.5 Å². The Morgan fingerprint density at radius 1 is 1.30 bits per heavy atom. The monoisotopic (exact) mass is 306 g/mol. The third-order valence-corrected chi connectivity index (χ3v) is 3.25. The molecule has 1 aliphatic heterocycles. The van der Waals surface area contributed by atoms with Crippen LogP contribution in [0.4, 0.5) is 0 Å². The highest BCUT2D eigenvalue weighted by atomic mass is 35.5. The molecule has 0 saturated carbocycles. The third kappa shape index (κ3) is 2.95. The van der Waals surface area contributed by atoms with Crippen molar-refractivity contribution in [1.82, 2.24) is 10.2 Å². The summed E-state index contributed by atoms with van der Waals surface area (Å²) in [4.78, 5) is 25.4. The normalized spacial score (nSPS) is 17.4. The third-order valence-electron chi connectivity index (χ3n) is 2.68. The Hall–Kier alpha value is -1.98. The molecule has 0 aromatic heterocycles. The smallest absolute Gasteiger partial charge is 0.265 e. The number of halogens is 1. The molecule has 102 valence electrons. The van der Waals surface area contributed by atoms with E-state index in [0.29, 0.717) is 10.6 Å². The van der Waals surface area contributed by atoms with Crippen LogP contribution in [0.25, 0.3) is 6.08 Å². The van der Waals surface area contributed by atoms with Crippen molar-refractivity contribution in [2.45, 2.75) is 0 Å². The molecule has 0 radical (unpaired) electrons. The molecule has 6 heteroatoms. The number of benzene rings is 1. The molecule has 1 aliphatic rings. The van der Waals surface area contributed by atoms with E-state index in [2.05, 4.69) is 11.9 Å². The van der Waals surface area contributed by atoms with E-state index in [0.717, 1.165) is 0 Å². The van der Waals surface area contributed by atoms with Crippen LogP contribution in [0, 0.1) is 0 Å². The number of carbonyl (C=O) groups excluding carboxylic acids is 2. The molecule has 0 unspecified atom stereocenters. The van der Waals surface area contributed by atoms with Gasteiger partial charge in [-0.1, -0.05) is 29.8 Å². The van der Waals surface area contributed by atoms with Crippen LogP contribution in [-0.4, -0.2) is 28.4 Å². The van der Waals surface area contributed by atoms with Crippen LogP contribution in [-0.2, 0) is 9.59 Å². The van der Waals surface area contributed by atoms with Gasteiger partial charge < -0.3 is 0 Å². The molecule has 1 saturated heterocycles. The Morgan fingerprint density at radius 3 is 2.55 bits per heavy atom. The first-order valence-corrected chi connectivity index (χ1v) is 6.57. The van der Waals surface area contributed by atoms with Gasteiger partial charge in [0.05, 0.1) is 0 Å². The van der Waals surface area contributed by atoms with Crippen molar-refractivity contribution in [3.05, 3.63) is 53.1 Å².